The Balaban J connectivity index is 2.06. The van der Waals surface area contributed by atoms with Gasteiger partial charge in [0, 0.05) is 10.6 Å². The molecule has 0 aliphatic rings. The SMILES string of the molecule is Cc1ccccc1C(=O)NNC(=O)c1cc(Cl)ccc1F. The van der Waals surface area contributed by atoms with Crippen LogP contribution in [0.2, 0.25) is 5.02 Å². The van der Waals surface area contributed by atoms with Gasteiger partial charge in [-0.1, -0.05) is 29.8 Å². The van der Waals surface area contributed by atoms with Gasteiger partial charge in [0.05, 0.1) is 5.56 Å². The summed E-state index contributed by atoms with van der Waals surface area (Å²) in [5.41, 5.74) is 5.33. The number of hydrogen-bond donors (Lipinski definition) is 2. The lowest BCUT2D eigenvalue weighted by molar-refractivity contribution is 0.0844. The van der Waals surface area contributed by atoms with Crippen molar-refractivity contribution < 1.29 is 14.0 Å². The molecule has 0 fully saturated rings. The Kier molecular flexibility index (Phi) is 4.55. The minimum Gasteiger partial charge on any atom is -0.267 e. The first-order valence-electron chi connectivity index (χ1n) is 6.10. The van der Waals surface area contributed by atoms with Gasteiger partial charge in [0.15, 0.2) is 0 Å². The van der Waals surface area contributed by atoms with Crippen LogP contribution in [0.15, 0.2) is 42.5 Å². The van der Waals surface area contributed by atoms with Crippen molar-refractivity contribution in [1.29, 1.82) is 0 Å². The van der Waals surface area contributed by atoms with E-state index < -0.39 is 17.6 Å². The number of aryl methyl sites for hydroxylation is 1. The summed E-state index contributed by atoms with van der Waals surface area (Å²) in [7, 11) is 0. The molecule has 0 atom stereocenters. The third-order valence-electron chi connectivity index (χ3n) is 2.85. The van der Waals surface area contributed by atoms with E-state index in [1.807, 2.05) is 0 Å². The van der Waals surface area contributed by atoms with E-state index in [0.717, 1.165) is 11.6 Å². The smallest absolute Gasteiger partial charge is 0.267 e. The van der Waals surface area contributed by atoms with Gasteiger partial charge in [-0.2, -0.15) is 0 Å². The van der Waals surface area contributed by atoms with Crippen LogP contribution in [0.5, 0.6) is 0 Å². The zero-order valence-corrected chi connectivity index (χ0v) is 11.9. The van der Waals surface area contributed by atoms with Crippen LogP contribution >= 0.6 is 11.6 Å². The monoisotopic (exact) mass is 306 g/mol. The predicted octanol–water partition coefficient (Wildman–Crippen LogP) is 2.86. The molecule has 0 aliphatic carbocycles. The number of benzene rings is 2. The maximum Gasteiger partial charge on any atom is 0.272 e. The third kappa shape index (κ3) is 3.58. The Bertz CT molecular complexity index is 704. The second-order valence-electron chi connectivity index (χ2n) is 4.35. The van der Waals surface area contributed by atoms with E-state index in [4.69, 9.17) is 11.6 Å². The number of nitrogens with one attached hydrogen (secondary N) is 2. The van der Waals surface area contributed by atoms with Crippen molar-refractivity contribution in [3.05, 3.63) is 70.0 Å². The highest BCUT2D eigenvalue weighted by Gasteiger charge is 2.14. The molecule has 2 rings (SSSR count). The quantitative estimate of drug-likeness (QED) is 0.838. The van der Waals surface area contributed by atoms with Gasteiger partial charge in [-0.15, -0.1) is 0 Å². The fraction of sp³-hybridized carbons (Fsp3) is 0.0667. The highest BCUT2D eigenvalue weighted by Crippen LogP contribution is 2.14. The van der Waals surface area contributed by atoms with Crippen LogP contribution in [-0.4, -0.2) is 11.8 Å². The van der Waals surface area contributed by atoms with Crippen molar-refractivity contribution in [1.82, 2.24) is 10.9 Å². The van der Waals surface area contributed by atoms with Crippen LogP contribution in [0.1, 0.15) is 26.3 Å². The number of hydrogen-bond acceptors (Lipinski definition) is 2. The van der Waals surface area contributed by atoms with Crippen LogP contribution in [0.25, 0.3) is 0 Å². The van der Waals surface area contributed by atoms with Crippen LogP contribution < -0.4 is 10.9 Å². The van der Waals surface area contributed by atoms with Crippen molar-refractivity contribution in [3.63, 3.8) is 0 Å². The number of amides is 2. The van der Waals surface area contributed by atoms with Gasteiger partial charge in [-0.3, -0.25) is 20.4 Å². The normalized spacial score (nSPS) is 10.0. The first-order valence-corrected chi connectivity index (χ1v) is 6.48. The fourth-order valence-electron chi connectivity index (χ4n) is 1.75. The second-order valence-corrected chi connectivity index (χ2v) is 4.78. The lowest BCUT2D eigenvalue weighted by Gasteiger charge is -2.09. The van der Waals surface area contributed by atoms with Crippen LogP contribution in [0.4, 0.5) is 4.39 Å². The molecule has 0 aliphatic heterocycles. The molecule has 0 spiro atoms. The molecule has 0 radical (unpaired) electrons. The minimum atomic E-state index is -0.781. The van der Waals surface area contributed by atoms with Gasteiger partial charge in [-0.05, 0) is 36.8 Å². The van der Waals surface area contributed by atoms with E-state index in [9.17, 15) is 14.0 Å². The summed E-state index contributed by atoms with van der Waals surface area (Å²) in [6.07, 6.45) is 0. The lowest BCUT2D eigenvalue weighted by Crippen LogP contribution is -2.42. The Hall–Kier alpha value is -2.40. The Morgan fingerprint density at radius 2 is 1.62 bits per heavy atom. The lowest BCUT2D eigenvalue weighted by atomic mass is 10.1. The Morgan fingerprint density at radius 3 is 2.29 bits per heavy atom. The first-order chi connectivity index (χ1) is 9.99. The average Bonchev–Trinajstić information content (AvgIpc) is 2.47. The van der Waals surface area contributed by atoms with Gasteiger partial charge in [0.1, 0.15) is 5.82 Å². The zero-order chi connectivity index (χ0) is 15.4. The first kappa shape index (κ1) is 15.0. The van der Waals surface area contributed by atoms with Crippen LogP contribution in [0.3, 0.4) is 0 Å². The summed E-state index contributed by atoms with van der Waals surface area (Å²) in [6.45, 7) is 1.77. The molecule has 6 heteroatoms. The summed E-state index contributed by atoms with van der Waals surface area (Å²) in [6, 6.07) is 10.5. The molecule has 0 heterocycles. The maximum atomic E-state index is 13.5. The minimum absolute atomic E-state index is 0.229. The van der Waals surface area contributed by atoms with E-state index in [1.54, 1.807) is 31.2 Å². The summed E-state index contributed by atoms with van der Waals surface area (Å²) < 4.78 is 13.5. The van der Waals surface area contributed by atoms with E-state index in [-0.39, 0.29) is 10.6 Å². The van der Waals surface area contributed by atoms with Crippen molar-refractivity contribution in [3.8, 4) is 0 Å². The van der Waals surface area contributed by atoms with Crippen molar-refractivity contribution in [2.45, 2.75) is 6.92 Å². The summed E-state index contributed by atoms with van der Waals surface area (Å²) in [5, 5.41) is 0.229. The molecule has 2 amide bonds. The second kappa shape index (κ2) is 6.37. The molecule has 0 saturated carbocycles. The summed E-state index contributed by atoms with van der Waals surface area (Å²) in [4.78, 5) is 23.7. The number of carbonyl (C=O) groups is 2. The molecular formula is C15H12ClFN2O2. The zero-order valence-electron chi connectivity index (χ0n) is 11.1. The molecule has 4 nitrogen and oxygen atoms in total. The number of halogens is 2. The molecule has 2 aromatic carbocycles. The molecule has 0 saturated heterocycles. The largest absolute Gasteiger partial charge is 0.272 e. The van der Waals surface area contributed by atoms with Gasteiger partial charge < -0.3 is 0 Å². The highest BCUT2D eigenvalue weighted by atomic mass is 35.5. The molecule has 0 bridgehead atoms. The topological polar surface area (TPSA) is 58.2 Å². The van der Waals surface area contributed by atoms with E-state index in [0.29, 0.717) is 5.56 Å². The maximum absolute atomic E-state index is 13.5. The average molecular weight is 307 g/mol. The Morgan fingerprint density at radius 1 is 1.00 bits per heavy atom. The third-order valence-corrected chi connectivity index (χ3v) is 3.09. The standard InChI is InChI=1S/C15H12ClFN2O2/c1-9-4-2-3-5-11(9)14(20)18-19-15(21)12-8-10(16)6-7-13(12)17/h2-8H,1H3,(H,18,20)(H,19,21). The van der Waals surface area contributed by atoms with E-state index in [1.165, 1.54) is 12.1 Å². The molecule has 21 heavy (non-hydrogen) atoms. The molecule has 0 unspecified atom stereocenters. The fourth-order valence-corrected chi connectivity index (χ4v) is 1.92. The van der Waals surface area contributed by atoms with Gasteiger partial charge in [-0.25, -0.2) is 4.39 Å². The van der Waals surface area contributed by atoms with Gasteiger partial charge >= 0.3 is 0 Å². The molecule has 2 N–H and O–H groups in total. The number of rotatable bonds is 2. The van der Waals surface area contributed by atoms with Crippen LogP contribution in [0, 0.1) is 12.7 Å². The predicted molar refractivity (Wildman–Crippen MR) is 77.5 cm³/mol. The number of hydrazine groups is 1. The molecule has 0 aromatic heterocycles. The van der Waals surface area contributed by atoms with Crippen molar-refractivity contribution in [2.24, 2.45) is 0 Å². The van der Waals surface area contributed by atoms with Crippen molar-refractivity contribution >= 4 is 23.4 Å². The molecule has 108 valence electrons. The Labute approximate surface area is 125 Å². The molecule has 2 aromatic rings. The number of carbonyl (C=O) groups excluding carboxylic acids is 2. The highest BCUT2D eigenvalue weighted by molar-refractivity contribution is 6.31. The van der Waals surface area contributed by atoms with E-state index >= 15 is 0 Å². The van der Waals surface area contributed by atoms with E-state index in [2.05, 4.69) is 10.9 Å². The van der Waals surface area contributed by atoms with Gasteiger partial charge in [0.2, 0.25) is 0 Å². The molecular weight excluding hydrogens is 295 g/mol. The summed E-state index contributed by atoms with van der Waals surface area (Å²) >= 11 is 5.71. The summed E-state index contributed by atoms with van der Waals surface area (Å²) in [5.74, 6) is -1.98. The van der Waals surface area contributed by atoms with Gasteiger partial charge in [0.25, 0.3) is 11.8 Å². The van der Waals surface area contributed by atoms with Crippen LogP contribution in [-0.2, 0) is 0 Å². The van der Waals surface area contributed by atoms with Crippen molar-refractivity contribution in [2.75, 3.05) is 0 Å².